The van der Waals surface area contributed by atoms with E-state index in [0.717, 1.165) is 11.5 Å². The van der Waals surface area contributed by atoms with Gasteiger partial charge in [0.1, 0.15) is 17.3 Å². The van der Waals surface area contributed by atoms with Gasteiger partial charge in [0.05, 0.1) is 18.2 Å². The van der Waals surface area contributed by atoms with Crippen LogP contribution in [0.5, 0.6) is 5.75 Å². The first-order valence-electron chi connectivity index (χ1n) is 6.96. The second-order valence-electron chi connectivity index (χ2n) is 5.10. The molecule has 1 amide bonds. The zero-order valence-corrected chi connectivity index (χ0v) is 12.9. The molecule has 0 saturated carbocycles. The van der Waals surface area contributed by atoms with Crippen LogP contribution in [0, 0.1) is 18.3 Å². The van der Waals surface area contributed by atoms with Crippen molar-refractivity contribution in [3.05, 3.63) is 53.5 Å². The van der Waals surface area contributed by atoms with Crippen LogP contribution in [0.2, 0.25) is 0 Å². The van der Waals surface area contributed by atoms with Crippen molar-refractivity contribution in [2.24, 2.45) is 0 Å². The summed E-state index contributed by atoms with van der Waals surface area (Å²) in [7, 11) is 1.71. The molecule has 2 aromatic rings. The second kappa shape index (κ2) is 6.81. The van der Waals surface area contributed by atoms with Gasteiger partial charge in [0.25, 0.3) is 5.91 Å². The number of nitriles is 1. The molecular formula is C17H18N2O3. The molecule has 0 spiro atoms. The topological polar surface area (TPSA) is 66.5 Å². The molecule has 0 aliphatic rings. The maximum Gasteiger partial charge on any atom is 0.263 e. The first-order chi connectivity index (χ1) is 10.5. The smallest absolute Gasteiger partial charge is 0.263 e. The summed E-state index contributed by atoms with van der Waals surface area (Å²) >= 11 is 0. The summed E-state index contributed by atoms with van der Waals surface area (Å²) in [6, 6.07) is 12.4. The highest BCUT2D eigenvalue weighted by Crippen LogP contribution is 2.15. The summed E-state index contributed by atoms with van der Waals surface area (Å²) in [4.78, 5) is 13.9. The Labute approximate surface area is 129 Å². The summed E-state index contributed by atoms with van der Waals surface area (Å²) in [5.74, 6) is 1.97. The minimum absolute atomic E-state index is 0.140. The van der Waals surface area contributed by atoms with Gasteiger partial charge in [-0.25, -0.2) is 0 Å². The summed E-state index contributed by atoms with van der Waals surface area (Å²) < 4.78 is 11.1. The number of ether oxygens (including phenoxy) is 1. The van der Waals surface area contributed by atoms with Gasteiger partial charge < -0.3 is 14.1 Å². The Bertz CT molecular complexity index is 683. The third kappa shape index (κ3) is 3.89. The molecule has 1 atom stereocenters. The van der Waals surface area contributed by atoms with E-state index in [1.54, 1.807) is 43.1 Å². The van der Waals surface area contributed by atoms with E-state index in [9.17, 15) is 4.79 Å². The summed E-state index contributed by atoms with van der Waals surface area (Å²) in [6.07, 6.45) is -0.617. The minimum atomic E-state index is -0.617. The molecule has 0 N–H and O–H groups in total. The molecule has 0 saturated heterocycles. The van der Waals surface area contributed by atoms with Crippen LogP contribution in [0.3, 0.4) is 0 Å². The fraction of sp³-hybridized carbons (Fsp3) is 0.294. The lowest BCUT2D eigenvalue weighted by Crippen LogP contribution is -2.37. The fourth-order valence-corrected chi connectivity index (χ4v) is 2.05. The molecule has 0 radical (unpaired) electrons. The zero-order chi connectivity index (χ0) is 16.1. The summed E-state index contributed by atoms with van der Waals surface area (Å²) in [5, 5.41) is 8.75. The SMILES string of the molecule is Cc1ccc(CN(C)C(=O)C(C)Oc2ccc(C#N)cc2)o1. The van der Waals surface area contributed by atoms with Gasteiger partial charge in [-0.3, -0.25) is 4.79 Å². The van der Waals surface area contributed by atoms with Crippen LogP contribution in [0.15, 0.2) is 40.8 Å². The Morgan fingerprint density at radius 1 is 1.32 bits per heavy atom. The molecule has 1 aromatic carbocycles. The Kier molecular flexibility index (Phi) is 4.84. The Morgan fingerprint density at radius 2 is 2.00 bits per heavy atom. The number of nitrogens with zero attached hydrogens (tertiary/aromatic N) is 2. The van der Waals surface area contributed by atoms with Gasteiger partial charge in [-0.1, -0.05) is 0 Å². The van der Waals surface area contributed by atoms with E-state index >= 15 is 0 Å². The van der Waals surface area contributed by atoms with E-state index < -0.39 is 6.10 Å². The van der Waals surface area contributed by atoms with Crippen molar-refractivity contribution >= 4 is 5.91 Å². The van der Waals surface area contributed by atoms with Crippen molar-refractivity contribution in [1.29, 1.82) is 5.26 Å². The highest BCUT2D eigenvalue weighted by Gasteiger charge is 2.20. The highest BCUT2D eigenvalue weighted by atomic mass is 16.5. The molecule has 5 nitrogen and oxygen atoms in total. The molecule has 0 fully saturated rings. The van der Waals surface area contributed by atoms with Gasteiger partial charge >= 0.3 is 0 Å². The predicted molar refractivity (Wildman–Crippen MR) is 81.2 cm³/mol. The lowest BCUT2D eigenvalue weighted by molar-refractivity contribution is -0.137. The van der Waals surface area contributed by atoms with Crippen molar-refractivity contribution in [3.63, 3.8) is 0 Å². The maximum atomic E-state index is 12.3. The molecular weight excluding hydrogens is 280 g/mol. The number of furan rings is 1. The number of rotatable bonds is 5. The number of aryl methyl sites for hydroxylation is 1. The number of amides is 1. The van der Waals surface area contributed by atoms with Gasteiger partial charge in [0.15, 0.2) is 6.10 Å². The van der Waals surface area contributed by atoms with Crippen LogP contribution in [-0.2, 0) is 11.3 Å². The van der Waals surface area contributed by atoms with E-state index in [-0.39, 0.29) is 5.91 Å². The largest absolute Gasteiger partial charge is 0.481 e. The molecule has 0 bridgehead atoms. The Morgan fingerprint density at radius 3 is 2.55 bits per heavy atom. The summed E-state index contributed by atoms with van der Waals surface area (Å²) in [5.41, 5.74) is 0.552. The van der Waals surface area contributed by atoms with Crippen LogP contribution in [0.25, 0.3) is 0 Å². The normalized spacial score (nSPS) is 11.5. The van der Waals surface area contributed by atoms with Crippen LogP contribution < -0.4 is 4.74 Å². The first kappa shape index (κ1) is 15.6. The fourth-order valence-electron chi connectivity index (χ4n) is 2.05. The Hall–Kier alpha value is -2.74. The summed E-state index contributed by atoms with van der Waals surface area (Å²) in [6.45, 7) is 3.96. The number of carbonyl (C=O) groups is 1. The van der Waals surface area contributed by atoms with E-state index in [1.807, 2.05) is 25.1 Å². The van der Waals surface area contributed by atoms with Crippen LogP contribution in [0.1, 0.15) is 24.0 Å². The number of hydrogen-bond acceptors (Lipinski definition) is 4. The maximum absolute atomic E-state index is 12.3. The average Bonchev–Trinajstić information content (AvgIpc) is 2.92. The van der Waals surface area contributed by atoms with E-state index in [0.29, 0.717) is 17.9 Å². The van der Waals surface area contributed by atoms with Gasteiger partial charge in [-0.05, 0) is 50.2 Å². The van der Waals surface area contributed by atoms with Crippen LogP contribution in [0.4, 0.5) is 0 Å². The molecule has 0 aliphatic heterocycles. The van der Waals surface area contributed by atoms with Gasteiger partial charge in [0, 0.05) is 7.05 Å². The molecule has 1 unspecified atom stereocenters. The van der Waals surface area contributed by atoms with Crippen LogP contribution in [-0.4, -0.2) is 24.0 Å². The third-order valence-corrected chi connectivity index (χ3v) is 3.21. The van der Waals surface area contributed by atoms with Gasteiger partial charge in [-0.2, -0.15) is 5.26 Å². The van der Waals surface area contributed by atoms with Crippen LogP contribution >= 0.6 is 0 Å². The van der Waals surface area contributed by atoms with E-state index in [4.69, 9.17) is 14.4 Å². The van der Waals surface area contributed by atoms with Crippen molar-refractivity contribution in [3.8, 4) is 11.8 Å². The first-order valence-corrected chi connectivity index (χ1v) is 6.96. The predicted octanol–water partition coefficient (Wildman–Crippen LogP) is 2.89. The highest BCUT2D eigenvalue weighted by molar-refractivity contribution is 5.80. The lowest BCUT2D eigenvalue weighted by atomic mass is 10.2. The lowest BCUT2D eigenvalue weighted by Gasteiger charge is -2.21. The molecule has 2 rings (SSSR count). The zero-order valence-electron chi connectivity index (χ0n) is 12.9. The molecule has 114 valence electrons. The van der Waals surface area contributed by atoms with Crippen molar-refractivity contribution < 1.29 is 13.9 Å². The van der Waals surface area contributed by atoms with E-state index in [2.05, 4.69) is 0 Å². The van der Waals surface area contributed by atoms with E-state index in [1.165, 1.54) is 0 Å². The van der Waals surface area contributed by atoms with Gasteiger partial charge in [-0.15, -0.1) is 0 Å². The quantitative estimate of drug-likeness (QED) is 0.851. The van der Waals surface area contributed by atoms with Gasteiger partial charge in [0.2, 0.25) is 0 Å². The number of likely N-dealkylation sites (N-methyl/N-ethyl adjacent to an activating group) is 1. The molecule has 1 heterocycles. The molecule has 5 heteroatoms. The van der Waals surface area contributed by atoms with Crippen molar-refractivity contribution in [1.82, 2.24) is 4.90 Å². The molecule has 1 aromatic heterocycles. The number of benzene rings is 1. The monoisotopic (exact) mass is 298 g/mol. The minimum Gasteiger partial charge on any atom is -0.481 e. The van der Waals surface area contributed by atoms with Crippen molar-refractivity contribution in [2.45, 2.75) is 26.5 Å². The molecule has 0 aliphatic carbocycles. The second-order valence-corrected chi connectivity index (χ2v) is 5.10. The Balaban J connectivity index is 1.94. The molecule has 22 heavy (non-hydrogen) atoms. The number of carbonyl (C=O) groups excluding carboxylic acids is 1. The number of hydrogen-bond donors (Lipinski definition) is 0. The standard InChI is InChI=1S/C17H18N2O3/c1-12-4-7-16(21-12)11-19(3)17(20)13(2)22-15-8-5-14(10-18)6-9-15/h4-9,13H,11H2,1-3H3. The third-order valence-electron chi connectivity index (χ3n) is 3.21. The van der Waals surface area contributed by atoms with Crippen molar-refractivity contribution in [2.75, 3.05) is 7.05 Å². The average molecular weight is 298 g/mol.